The molecule has 0 aliphatic rings. The lowest BCUT2D eigenvalue weighted by Gasteiger charge is -2.21. The topological polar surface area (TPSA) is 74.4 Å². The molecule has 0 bridgehead atoms. The first kappa shape index (κ1) is 29.4. The molecule has 3 aromatic rings. The minimum absolute atomic E-state index is 0. The zero-order valence-corrected chi connectivity index (χ0v) is 22.0. The van der Waals surface area contributed by atoms with Gasteiger partial charge in [-0.1, -0.05) is 43.7 Å². The quantitative estimate of drug-likeness (QED) is 0.367. The summed E-state index contributed by atoms with van der Waals surface area (Å²) < 4.78 is 10.9. The first-order chi connectivity index (χ1) is 15.3. The first-order valence-electron chi connectivity index (χ1n) is 10.9. The maximum atomic E-state index is 11.7. The Morgan fingerprint density at radius 2 is 1.59 bits per heavy atom. The second-order valence-corrected chi connectivity index (χ2v) is 8.45. The van der Waals surface area contributed by atoms with Crippen molar-refractivity contribution in [1.29, 1.82) is 0 Å². The van der Waals surface area contributed by atoms with Crippen molar-refractivity contribution in [3.63, 3.8) is 0 Å². The number of hydrogen-bond acceptors (Lipinski definition) is 5. The van der Waals surface area contributed by atoms with Gasteiger partial charge in [0.25, 0.3) is 0 Å². The summed E-state index contributed by atoms with van der Waals surface area (Å²) in [6.45, 7) is 9.27. The van der Waals surface area contributed by atoms with Crippen LogP contribution in [-0.2, 0) is 24.3 Å². The highest BCUT2D eigenvalue weighted by Crippen LogP contribution is 2.33. The summed E-state index contributed by atoms with van der Waals surface area (Å²) in [6.07, 6.45) is 0.877. The molecule has 0 unspecified atom stereocenters. The summed E-state index contributed by atoms with van der Waals surface area (Å²) in [4.78, 5) is 16.6. The smallest absolute Gasteiger partial charge is 0.337 e. The van der Waals surface area contributed by atoms with E-state index >= 15 is 0 Å². The SMILES string of the molecule is COC(=O)c1ccc(OCc2c(C)nc(CC(C)C)c(CN)c2-c2ccc(C)cc2)cc1.Cl.Cl. The molecule has 0 amide bonds. The number of aryl methyl sites for hydroxylation is 2. The summed E-state index contributed by atoms with van der Waals surface area (Å²) in [7, 11) is 1.37. The van der Waals surface area contributed by atoms with Gasteiger partial charge in [-0.25, -0.2) is 4.79 Å². The molecule has 0 fully saturated rings. The van der Waals surface area contributed by atoms with Gasteiger partial charge in [0, 0.05) is 23.5 Å². The van der Waals surface area contributed by atoms with Gasteiger partial charge >= 0.3 is 5.97 Å². The number of ether oxygens (including phenoxy) is 2. The molecule has 0 aliphatic heterocycles. The summed E-state index contributed by atoms with van der Waals surface area (Å²) >= 11 is 0. The molecule has 0 aliphatic carbocycles. The monoisotopic (exact) mass is 504 g/mol. The number of carbonyl (C=O) groups excluding carboxylic acids is 1. The van der Waals surface area contributed by atoms with E-state index in [1.807, 2.05) is 6.92 Å². The highest BCUT2D eigenvalue weighted by atomic mass is 35.5. The number of nitrogens with two attached hydrogens (primary N) is 1. The average Bonchev–Trinajstić information content (AvgIpc) is 2.78. The Hall–Kier alpha value is -2.60. The third kappa shape index (κ3) is 6.95. The van der Waals surface area contributed by atoms with Crippen LogP contribution in [0.2, 0.25) is 0 Å². The van der Waals surface area contributed by atoms with E-state index in [4.69, 9.17) is 20.2 Å². The summed E-state index contributed by atoms with van der Waals surface area (Å²) in [5.74, 6) is 0.785. The highest BCUT2D eigenvalue weighted by Gasteiger charge is 2.20. The Morgan fingerprint density at radius 1 is 0.971 bits per heavy atom. The van der Waals surface area contributed by atoms with Gasteiger partial charge in [0.15, 0.2) is 0 Å². The molecule has 0 saturated carbocycles. The van der Waals surface area contributed by atoms with Gasteiger partial charge < -0.3 is 15.2 Å². The molecule has 7 heteroatoms. The Kier molecular flexibility index (Phi) is 11.5. The maximum absolute atomic E-state index is 11.7. The van der Waals surface area contributed by atoms with E-state index in [1.54, 1.807) is 24.3 Å². The Bertz CT molecular complexity index is 1080. The minimum Gasteiger partial charge on any atom is -0.489 e. The third-order valence-corrected chi connectivity index (χ3v) is 5.50. The number of carbonyl (C=O) groups is 1. The lowest BCUT2D eigenvalue weighted by Crippen LogP contribution is -2.14. The van der Waals surface area contributed by atoms with Gasteiger partial charge in [0.1, 0.15) is 12.4 Å². The largest absolute Gasteiger partial charge is 0.489 e. The molecule has 34 heavy (non-hydrogen) atoms. The van der Waals surface area contributed by atoms with E-state index < -0.39 is 0 Å². The molecule has 5 nitrogen and oxygen atoms in total. The van der Waals surface area contributed by atoms with Crippen LogP contribution in [-0.4, -0.2) is 18.1 Å². The Balaban J connectivity index is 0.00000289. The third-order valence-electron chi connectivity index (χ3n) is 5.50. The van der Waals surface area contributed by atoms with Gasteiger partial charge in [-0.05, 0) is 67.1 Å². The number of hydrogen-bond donors (Lipinski definition) is 1. The molecule has 184 valence electrons. The van der Waals surface area contributed by atoms with Crippen LogP contribution in [0.1, 0.15) is 52.3 Å². The summed E-state index contributed by atoms with van der Waals surface area (Å²) in [5.41, 5.74) is 14.3. The van der Waals surface area contributed by atoms with Crippen LogP contribution >= 0.6 is 24.8 Å². The Morgan fingerprint density at radius 3 is 2.12 bits per heavy atom. The molecule has 0 saturated heterocycles. The average molecular weight is 505 g/mol. The molecule has 0 spiro atoms. The van der Waals surface area contributed by atoms with Gasteiger partial charge in [-0.3, -0.25) is 4.98 Å². The van der Waals surface area contributed by atoms with E-state index in [0.717, 1.165) is 40.1 Å². The van der Waals surface area contributed by atoms with Crippen LogP contribution < -0.4 is 10.5 Å². The molecule has 1 heterocycles. The van der Waals surface area contributed by atoms with Crippen molar-refractivity contribution in [2.75, 3.05) is 7.11 Å². The molecule has 0 atom stereocenters. The van der Waals surface area contributed by atoms with Gasteiger partial charge in [0.2, 0.25) is 0 Å². The van der Waals surface area contributed by atoms with E-state index in [9.17, 15) is 4.79 Å². The molecule has 2 N–H and O–H groups in total. The molecular weight excluding hydrogens is 471 g/mol. The number of esters is 1. The molecule has 0 radical (unpaired) electrons. The normalized spacial score (nSPS) is 10.3. The Labute approximate surface area is 214 Å². The fourth-order valence-corrected chi connectivity index (χ4v) is 3.83. The van der Waals surface area contributed by atoms with Crippen molar-refractivity contribution in [1.82, 2.24) is 4.98 Å². The van der Waals surface area contributed by atoms with Gasteiger partial charge in [-0.2, -0.15) is 0 Å². The predicted molar refractivity (Wildman–Crippen MR) is 142 cm³/mol. The van der Waals surface area contributed by atoms with E-state index in [2.05, 4.69) is 45.0 Å². The second-order valence-electron chi connectivity index (χ2n) is 8.45. The summed E-state index contributed by atoms with van der Waals surface area (Å²) in [5, 5.41) is 0. The van der Waals surface area contributed by atoms with Crippen molar-refractivity contribution in [2.45, 2.75) is 47.3 Å². The number of rotatable bonds is 8. The molecular formula is C27H34Cl2N2O3. The predicted octanol–water partition coefficient (Wildman–Crippen LogP) is 6.23. The molecule has 2 aromatic carbocycles. The number of halogens is 2. The minimum atomic E-state index is -0.369. The van der Waals surface area contributed by atoms with E-state index in [-0.39, 0.29) is 30.8 Å². The zero-order chi connectivity index (χ0) is 23.3. The van der Waals surface area contributed by atoms with Crippen LogP contribution in [0.15, 0.2) is 48.5 Å². The van der Waals surface area contributed by atoms with Crippen molar-refractivity contribution in [3.05, 3.63) is 82.2 Å². The fraction of sp³-hybridized carbons (Fsp3) is 0.333. The van der Waals surface area contributed by atoms with Crippen LogP contribution in [0.5, 0.6) is 5.75 Å². The van der Waals surface area contributed by atoms with E-state index in [0.29, 0.717) is 30.4 Å². The van der Waals surface area contributed by atoms with Crippen LogP contribution in [0.4, 0.5) is 0 Å². The lowest BCUT2D eigenvalue weighted by molar-refractivity contribution is 0.0600. The number of benzene rings is 2. The van der Waals surface area contributed by atoms with Crippen molar-refractivity contribution >= 4 is 30.8 Å². The molecule has 3 rings (SSSR count). The van der Waals surface area contributed by atoms with E-state index in [1.165, 1.54) is 12.7 Å². The lowest BCUT2D eigenvalue weighted by atomic mass is 9.90. The van der Waals surface area contributed by atoms with Crippen molar-refractivity contribution in [2.24, 2.45) is 11.7 Å². The van der Waals surface area contributed by atoms with Crippen LogP contribution in [0, 0.1) is 19.8 Å². The summed E-state index contributed by atoms with van der Waals surface area (Å²) in [6, 6.07) is 15.4. The van der Waals surface area contributed by atoms with Crippen LogP contribution in [0.25, 0.3) is 11.1 Å². The van der Waals surface area contributed by atoms with Crippen LogP contribution in [0.3, 0.4) is 0 Å². The number of nitrogens with zero attached hydrogens (tertiary/aromatic N) is 1. The molecule has 1 aromatic heterocycles. The van der Waals surface area contributed by atoms with Crippen molar-refractivity contribution < 1.29 is 14.3 Å². The number of methoxy groups -OCH3 is 1. The second kappa shape index (κ2) is 13.3. The number of pyridine rings is 1. The van der Waals surface area contributed by atoms with Gasteiger partial charge in [0.05, 0.1) is 12.7 Å². The first-order valence-corrected chi connectivity index (χ1v) is 10.9. The number of aromatic nitrogens is 1. The highest BCUT2D eigenvalue weighted by molar-refractivity contribution is 5.89. The van der Waals surface area contributed by atoms with Gasteiger partial charge in [-0.15, -0.1) is 24.8 Å². The fourth-order valence-electron chi connectivity index (χ4n) is 3.83. The maximum Gasteiger partial charge on any atom is 0.337 e. The van der Waals surface area contributed by atoms with Crippen molar-refractivity contribution in [3.8, 4) is 16.9 Å². The standard InChI is InChI=1S/C27H32N2O3.2ClH/c1-17(2)14-25-23(15-28)26(20-8-6-18(3)7-9-20)24(19(4)29-25)16-32-22-12-10-21(11-13-22)27(30)31-5;;/h6-13,17H,14-16,28H2,1-5H3;2*1H. The zero-order valence-electron chi connectivity index (χ0n) is 20.4.